The number of hydrogen-bond donors (Lipinski definition) is 0. The Kier molecular flexibility index (Phi) is 8.77. The normalized spacial score (nSPS) is 10.1. The molecule has 0 aliphatic rings. The van der Waals surface area contributed by atoms with E-state index in [2.05, 4.69) is 6.92 Å². The summed E-state index contributed by atoms with van der Waals surface area (Å²) in [6.45, 7) is 3.65. The maximum absolute atomic E-state index is 11.5. The van der Waals surface area contributed by atoms with Crippen molar-refractivity contribution < 1.29 is 4.79 Å². The van der Waals surface area contributed by atoms with E-state index in [0.717, 1.165) is 19.4 Å². The van der Waals surface area contributed by atoms with Crippen LogP contribution in [-0.2, 0) is 4.79 Å². The standard InChI is InChI=1S/C9H18ClNOS/c1-3-4-6-11(7-5-10)9(12)8-13-2/h3-8H2,1-2H3. The molecule has 0 heterocycles. The SMILES string of the molecule is CCCCN(CCCl)C(=O)CSC. The molecular weight excluding hydrogens is 206 g/mol. The van der Waals surface area contributed by atoms with Gasteiger partial charge in [0.2, 0.25) is 5.91 Å². The highest BCUT2D eigenvalue weighted by atomic mass is 35.5. The maximum atomic E-state index is 11.5. The quantitative estimate of drug-likeness (QED) is 0.617. The molecule has 2 nitrogen and oxygen atoms in total. The average molecular weight is 224 g/mol. The largest absolute Gasteiger partial charge is 0.341 e. The zero-order valence-corrected chi connectivity index (χ0v) is 9.96. The molecule has 0 spiro atoms. The van der Waals surface area contributed by atoms with Gasteiger partial charge >= 0.3 is 0 Å². The van der Waals surface area contributed by atoms with Crippen molar-refractivity contribution in [3.63, 3.8) is 0 Å². The Morgan fingerprint density at radius 1 is 1.46 bits per heavy atom. The molecule has 0 fully saturated rings. The molecule has 0 saturated carbocycles. The van der Waals surface area contributed by atoms with Gasteiger partial charge in [0.25, 0.3) is 0 Å². The maximum Gasteiger partial charge on any atom is 0.232 e. The number of carbonyl (C=O) groups is 1. The molecule has 0 aliphatic carbocycles. The van der Waals surface area contributed by atoms with E-state index in [1.54, 1.807) is 11.8 Å². The van der Waals surface area contributed by atoms with Gasteiger partial charge in [0, 0.05) is 19.0 Å². The third-order valence-corrected chi connectivity index (χ3v) is 2.46. The van der Waals surface area contributed by atoms with Gasteiger partial charge < -0.3 is 4.90 Å². The highest BCUT2D eigenvalue weighted by Gasteiger charge is 2.10. The Labute approximate surface area is 90.0 Å². The molecular formula is C9H18ClNOS. The van der Waals surface area contributed by atoms with Crippen LogP contribution in [0.5, 0.6) is 0 Å². The second kappa shape index (κ2) is 8.70. The zero-order chi connectivity index (χ0) is 10.1. The van der Waals surface area contributed by atoms with Crippen LogP contribution in [-0.4, -0.2) is 41.8 Å². The summed E-state index contributed by atoms with van der Waals surface area (Å²) in [6.07, 6.45) is 4.12. The number of amides is 1. The average Bonchev–Trinajstić information content (AvgIpc) is 2.12. The first-order valence-electron chi connectivity index (χ1n) is 4.59. The van der Waals surface area contributed by atoms with Crippen LogP contribution in [0.3, 0.4) is 0 Å². The van der Waals surface area contributed by atoms with Crippen molar-refractivity contribution in [1.82, 2.24) is 4.90 Å². The molecule has 13 heavy (non-hydrogen) atoms. The van der Waals surface area contributed by atoms with Crippen molar-refractivity contribution in [2.75, 3.05) is 31.0 Å². The second-order valence-corrected chi connectivity index (χ2v) is 4.10. The van der Waals surface area contributed by atoms with Crippen LogP contribution >= 0.6 is 23.4 Å². The van der Waals surface area contributed by atoms with Crippen LogP contribution in [0.25, 0.3) is 0 Å². The van der Waals surface area contributed by atoms with E-state index in [4.69, 9.17) is 11.6 Å². The smallest absolute Gasteiger partial charge is 0.232 e. The third-order valence-electron chi connectivity index (χ3n) is 1.76. The lowest BCUT2D eigenvalue weighted by atomic mass is 10.3. The summed E-state index contributed by atoms with van der Waals surface area (Å²) in [5, 5.41) is 0. The van der Waals surface area contributed by atoms with Crippen molar-refractivity contribution in [3.8, 4) is 0 Å². The fourth-order valence-corrected chi connectivity index (χ4v) is 1.66. The molecule has 1 amide bonds. The number of carbonyl (C=O) groups excluding carboxylic acids is 1. The monoisotopic (exact) mass is 223 g/mol. The van der Waals surface area contributed by atoms with Crippen LogP contribution in [0.4, 0.5) is 0 Å². The third kappa shape index (κ3) is 6.22. The first-order valence-corrected chi connectivity index (χ1v) is 6.51. The van der Waals surface area contributed by atoms with Crippen LogP contribution in [0, 0.1) is 0 Å². The fraction of sp³-hybridized carbons (Fsp3) is 0.889. The summed E-state index contributed by atoms with van der Waals surface area (Å²) >= 11 is 7.18. The van der Waals surface area contributed by atoms with Crippen molar-refractivity contribution in [1.29, 1.82) is 0 Å². The lowest BCUT2D eigenvalue weighted by Crippen LogP contribution is -2.34. The first kappa shape index (κ1) is 13.1. The van der Waals surface area contributed by atoms with E-state index in [-0.39, 0.29) is 5.91 Å². The highest BCUT2D eigenvalue weighted by Crippen LogP contribution is 2.01. The number of halogens is 1. The molecule has 0 aromatic heterocycles. The minimum atomic E-state index is 0.210. The summed E-state index contributed by atoms with van der Waals surface area (Å²) in [4.78, 5) is 13.3. The van der Waals surface area contributed by atoms with E-state index in [1.165, 1.54) is 0 Å². The second-order valence-electron chi connectivity index (χ2n) is 2.86. The molecule has 0 bridgehead atoms. The van der Waals surface area contributed by atoms with Crippen molar-refractivity contribution in [2.24, 2.45) is 0 Å². The molecule has 0 aromatic rings. The van der Waals surface area contributed by atoms with Gasteiger partial charge in [0.15, 0.2) is 0 Å². The van der Waals surface area contributed by atoms with Crippen LogP contribution in [0.2, 0.25) is 0 Å². The van der Waals surface area contributed by atoms with Gasteiger partial charge in [0.05, 0.1) is 5.75 Å². The lowest BCUT2D eigenvalue weighted by Gasteiger charge is -2.20. The molecule has 0 aromatic carbocycles. The minimum Gasteiger partial charge on any atom is -0.341 e. The predicted molar refractivity (Wildman–Crippen MR) is 60.6 cm³/mol. The number of nitrogens with zero attached hydrogens (tertiary/aromatic N) is 1. The Balaban J connectivity index is 3.83. The van der Waals surface area contributed by atoms with Crippen molar-refractivity contribution in [2.45, 2.75) is 19.8 Å². The van der Waals surface area contributed by atoms with Gasteiger partial charge in [-0.1, -0.05) is 13.3 Å². The molecule has 4 heteroatoms. The summed E-state index contributed by atoms with van der Waals surface area (Å²) in [7, 11) is 0. The molecule has 78 valence electrons. The van der Waals surface area contributed by atoms with E-state index in [0.29, 0.717) is 18.2 Å². The molecule has 0 N–H and O–H groups in total. The number of hydrogen-bond acceptors (Lipinski definition) is 2. The highest BCUT2D eigenvalue weighted by molar-refractivity contribution is 7.99. The summed E-state index contributed by atoms with van der Waals surface area (Å²) < 4.78 is 0. The Bertz CT molecular complexity index is 144. The molecule has 0 rings (SSSR count). The summed E-state index contributed by atoms with van der Waals surface area (Å²) in [6, 6.07) is 0. The molecule has 0 aliphatic heterocycles. The number of rotatable bonds is 7. The van der Waals surface area contributed by atoms with E-state index in [1.807, 2.05) is 11.2 Å². The van der Waals surface area contributed by atoms with Gasteiger partial charge in [0.1, 0.15) is 0 Å². The fourth-order valence-electron chi connectivity index (χ4n) is 1.03. The van der Waals surface area contributed by atoms with Crippen molar-refractivity contribution in [3.05, 3.63) is 0 Å². The first-order chi connectivity index (χ1) is 6.26. The Morgan fingerprint density at radius 2 is 2.15 bits per heavy atom. The Morgan fingerprint density at radius 3 is 2.62 bits per heavy atom. The molecule has 0 saturated heterocycles. The lowest BCUT2D eigenvalue weighted by molar-refractivity contribution is -0.128. The molecule has 0 radical (unpaired) electrons. The van der Waals surface area contributed by atoms with E-state index >= 15 is 0 Å². The van der Waals surface area contributed by atoms with Crippen molar-refractivity contribution >= 4 is 29.3 Å². The van der Waals surface area contributed by atoms with E-state index in [9.17, 15) is 4.79 Å². The van der Waals surface area contributed by atoms with Crippen LogP contribution in [0.1, 0.15) is 19.8 Å². The van der Waals surface area contributed by atoms with Gasteiger partial charge in [-0.2, -0.15) is 11.8 Å². The van der Waals surface area contributed by atoms with Crippen LogP contribution < -0.4 is 0 Å². The number of unbranched alkanes of at least 4 members (excludes halogenated alkanes) is 1. The number of alkyl halides is 1. The van der Waals surface area contributed by atoms with Gasteiger partial charge in [-0.05, 0) is 12.7 Å². The molecule has 0 atom stereocenters. The predicted octanol–water partition coefficient (Wildman–Crippen LogP) is 2.22. The number of thioether (sulfide) groups is 1. The van der Waals surface area contributed by atoms with E-state index < -0.39 is 0 Å². The summed E-state index contributed by atoms with van der Waals surface area (Å²) in [5.74, 6) is 1.31. The van der Waals surface area contributed by atoms with Crippen LogP contribution in [0.15, 0.2) is 0 Å². The minimum absolute atomic E-state index is 0.210. The zero-order valence-electron chi connectivity index (χ0n) is 8.38. The van der Waals surface area contributed by atoms with Gasteiger partial charge in [-0.25, -0.2) is 0 Å². The van der Waals surface area contributed by atoms with Gasteiger partial charge in [-0.3, -0.25) is 4.79 Å². The summed E-state index contributed by atoms with van der Waals surface area (Å²) in [5.41, 5.74) is 0. The Hall–Kier alpha value is 0.110. The molecule has 0 unspecified atom stereocenters. The topological polar surface area (TPSA) is 20.3 Å². The van der Waals surface area contributed by atoms with Gasteiger partial charge in [-0.15, -0.1) is 11.6 Å².